The van der Waals surface area contributed by atoms with E-state index < -0.39 is 0 Å². The van der Waals surface area contributed by atoms with Gasteiger partial charge < -0.3 is 14.7 Å². The average molecular weight is 324 g/mol. The third-order valence-electron chi connectivity index (χ3n) is 4.71. The Balaban J connectivity index is 1.54. The number of anilines is 3. The Morgan fingerprint density at radius 1 is 1.08 bits per heavy atom. The van der Waals surface area contributed by atoms with Crippen molar-refractivity contribution < 1.29 is 4.79 Å². The number of piperazine rings is 1. The molecule has 0 aliphatic carbocycles. The highest BCUT2D eigenvalue weighted by Crippen LogP contribution is 2.33. The molecule has 0 bridgehead atoms. The van der Waals surface area contributed by atoms with E-state index in [0.29, 0.717) is 19.0 Å². The van der Waals surface area contributed by atoms with Gasteiger partial charge in [-0.05, 0) is 18.1 Å². The first-order valence-corrected chi connectivity index (χ1v) is 8.28. The van der Waals surface area contributed by atoms with Crippen molar-refractivity contribution in [2.24, 2.45) is 0 Å². The van der Waals surface area contributed by atoms with Gasteiger partial charge in [0.1, 0.15) is 0 Å². The SMILES string of the molecule is CC(=O)N1CCN(c2nncc(N3CCc4ccccc43)n2)CC1. The second kappa shape index (κ2) is 6.07. The van der Waals surface area contributed by atoms with Crippen LogP contribution in [0.1, 0.15) is 12.5 Å². The van der Waals surface area contributed by atoms with Gasteiger partial charge in [0.25, 0.3) is 0 Å². The molecule has 0 unspecified atom stereocenters. The molecule has 3 heterocycles. The van der Waals surface area contributed by atoms with Gasteiger partial charge in [0.2, 0.25) is 11.9 Å². The van der Waals surface area contributed by atoms with Gasteiger partial charge >= 0.3 is 0 Å². The van der Waals surface area contributed by atoms with Gasteiger partial charge in [-0.25, -0.2) is 0 Å². The zero-order valence-corrected chi connectivity index (χ0v) is 13.7. The number of fused-ring (bicyclic) bond motifs is 1. The molecule has 0 saturated carbocycles. The molecular weight excluding hydrogens is 304 g/mol. The number of benzene rings is 1. The highest BCUT2D eigenvalue weighted by molar-refractivity contribution is 5.73. The molecule has 0 N–H and O–H groups in total. The van der Waals surface area contributed by atoms with E-state index in [0.717, 1.165) is 31.9 Å². The molecule has 7 nitrogen and oxygen atoms in total. The number of carbonyl (C=O) groups excluding carboxylic acids is 1. The second-order valence-electron chi connectivity index (χ2n) is 6.14. The summed E-state index contributed by atoms with van der Waals surface area (Å²) in [5.41, 5.74) is 2.54. The maximum absolute atomic E-state index is 11.4. The van der Waals surface area contributed by atoms with Crippen LogP contribution in [0.3, 0.4) is 0 Å². The molecule has 4 rings (SSSR count). The Morgan fingerprint density at radius 3 is 2.67 bits per heavy atom. The summed E-state index contributed by atoms with van der Waals surface area (Å²) in [5.74, 6) is 1.59. The largest absolute Gasteiger partial charge is 0.339 e. The van der Waals surface area contributed by atoms with Gasteiger partial charge in [0, 0.05) is 45.3 Å². The molecular formula is C17H20N6O. The van der Waals surface area contributed by atoms with Crippen molar-refractivity contribution in [2.45, 2.75) is 13.3 Å². The van der Waals surface area contributed by atoms with Gasteiger partial charge in [-0.3, -0.25) is 4.79 Å². The molecule has 2 aromatic rings. The minimum atomic E-state index is 0.121. The Morgan fingerprint density at radius 2 is 1.88 bits per heavy atom. The molecule has 1 saturated heterocycles. The zero-order valence-electron chi connectivity index (χ0n) is 13.7. The van der Waals surface area contributed by atoms with Gasteiger partial charge in [-0.1, -0.05) is 18.2 Å². The van der Waals surface area contributed by atoms with Gasteiger partial charge in [0.15, 0.2) is 5.82 Å². The number of aromatic nitrogens is 3. The summed E-state index contributed by atoms with van der Waals surface area (Å²) < 4.78 is 0. The maximum Gasteiger partial charge on any atom is 0.247 e. The first kappa shape index (κ1) is 14.9. The van der Waals surface area contributed by atoms with E-state index in [-0.39, 0.29) is 5.91 Å². The number of para-hydroxylation sites is 1. The van der Waals surface area contributed by atoms with E-state index in [1.807, 2.05) is 11.0 Å². The van der Waals surface area contributed by atoms with Crippen LogP contribution in [0.25, 0.3) is 0 Å². The number of rotatable bonds is 2. The third-order valence-corrected chi connectivity index (χ3v) is 4.71. The van der Waals surface area contributed by atoms with Crippen LogP contribution >= 0.6 is 0 Å². The van der Waals surface area contributed by atoms with Gasteiger partial charge in [-0.2, -0.15) is 10.1 Å². The normalized spacial score (nSPS) is 17.1. The van der Waals surface area contributed by atoms with Crippen LogP contribution in [0.4, 0.5) is 17.5 Å². The first-order chi connectivity index (χ1) is 11.7. The van der Waals surface area contributed by atoms with E-state index in [1.165, 1.54) is 11.3 Å². The smallest absolute Gasteiger partial charge is 0.247 e. The molecule has 1 fully saturated rings. The zero-order chi connectivity index (χ0) is 16.5. The number of hydrogen-bond donors (Lipinski definition) is 0. The number of hydrogen-bond acceptors (Lipinski definition) is 6. The number of nitrogens with zero attached hydrogens (tertiary/aromatic N) is 6. The number of amides is 1. The molecule has 1 aromatic heterocycles. The summed E-state index contributed by atoms with van der Waals surface area (Å²) in [5, 5.41) is 8.35. The van der Waals surface area contributed by atoms with Gasteiger partial charge in [-0.15, -0.1) is 5.10 Å². The molecule has 2 aliphatic heterocycles. The molecule has 0 radical (unpaired) electrons. The lowest BCUT2D eigenvalue weighted by Gasteiger charge is -2.34. The molecule has 1 amide bonds. The van der Waals surface area contributed by atoms with Gasteiger partial charge in [0.05, 0.1) is 6.20 Å². The average Bonchev–Trinajstić information content (AvgIpc) is 3.06. The summed E-state index contributed by atoms with van der Waals surface area (Å²) in [6.45, 7) is 5.41. The lowest BCUT2D eigenvalue weighted by Crippen LogP contribution is -2.48. The van der Waals surface area contributed by atoms with Crippen LogP contribution in [0, 0.1) is 0 Å². The Labute approximate surface area is 140 Å². The van der Waals surface area contributed by atoms with Crippen LogP contribution in [0.15, 0.2) is 30.5 Å². The fraction of sp³-hybridized carbons (Fsp3) is 0.412. The molecule has 0 spiro atoms. The van der Waals surface area contributed by atoms with Crippen molar-refractivity contribution in [3.8, 4) is 0 Å². The van der Waals surface area contributed by atoms with E-state index in [9.17, 15) is 4.79 Å². The Bertz CT molecular complexity index is 756. The first-order valence-electron chi connectivity index (χ1n) is 8.28. The Hall–Kier alpha value is -2.70. The lowest BCUT2D eigenvalue weighted by molar-refractivity contribution is -0.129. The van der Waals surface area contributed by atoms with Crippen LogP contribution in [0.2, 0.25) is 0 Å². The summed E-state index contributed by atoms with van der Waals surface area (Å²) in [6.07, 6.45) is 2.74. The molecule has 124 valence electrons. The lowest BCUT2D eigenvalue weighted by atomic mass is 10.2. The van der Waals surface area contributed by atoms with Crippen LogP contribution < -0.4 is 9.80 Å². The summed E-state index contributed by atoms with van der Waals surface area (Å²) in [4.78, 5) is 22.3. The summed E-state index contributed by atoms with van der Waals surface area (Å²) in [7, 11) is 0. The second-order valence-corrected chi connectivity index (χ2v) is 6.14. The van der Waals surface area contributed by atoms with Crippen molar-refractivity contribution in [3.63, 3.8) is 0 Å². The maximum atomic E-state index is 11.4. The number of carbonyl (C=O) groups is 1. The molecule has 7 heteroatoms. The monoisotopic (exact) mass is 324 g/mol. The van der Waals surface area contributed by atoms with E-state index in [4.69, 9.17) is 4.98 Å². The predicted octanol–water partition coefficient (Wildman–Crippen LogP) is 1.23. The van der Waals surface area contributed by atoms with Crippen LogP contribution in [-0.4, -0.2) is 58.7 Å². The minimum absolute atomic E-state index is 0.121. The fourth-order valence-electron chi connectivity index (χ4n) is 3.35. The molecule has 1 aromatic carbocycles. The highest BCUT2D eigenvalue weighted by atomic mass is 16.2. The highest BCUT2D eigenvalue weighted by Gasteiger charge is 2.24. The third kappa shape index (κ3) is 2.66. The van der Waals surface area contributed by atoms with Crippen molar-refractivity contribution in [2.75, 3.05) is 42.5 Å². The van der Waals surface area contributed by atoms with E-state index >= 15 is 0 Å². The Kier molecular flexibility index (Phi) is 3.76. The standard InChI is InChI=1S/C17H20N6O/c1-13(24)21-8-10-22(11-9-21)17-19-16(12-18-20-17)23-7-6-14-4-2-3-5-15(14)23/h2-5,12H,6-11H2,1H3. The summed E-state index contributed by atoms with van der Waals surface area (Å²) in [6, 6.07) is 8.40. The van der Waals surface area contributed by atoms with Crippen molar-refractivity contribution in [3.05, 3.63) is 36.0 Å². The van der Waals surface area contributed by atoms with E-state index in [1.54, 1.807) is 13.1 Å². The van der Waals surface area contributed by atoms with Crippen molar-refractivity contribution >= 4 is 23.4 Å². The van der Waals surface area contributed by atoms with Crippen LogP contribution in [-0.2, 0) is 11.2 Å². The molecule has 0 atom stereocenters. The minimum Gasteiger partial charge on any atom is -0.339 e. The quantitative estimate of drug-likeness (QED) is 0.828. The molecule has 2 aliphatic rings. The van der Waals surface area contributed by atoms with Crippen LogP contribution in [0.5, 0.6) is 0 Å². The topological polar surface area (TPSA) is 65.5 Å². The predicted molar refractivity (Wildman–Crippen MR) is 91.4 cm³/mol. The molecule has 24 heavy (non-hydrogen) atoms. The van der Waals surface area contributed by atoms with E-state index in [2.05, 4.69) is 38.2 Å². The fourth-order valence-corrected chi connectivity index (χ4v) is 3.35. The summed E-state index contributed by atoms with van der Waals surface area (Å²) >= 11 is 0. The van der Waals surface area contributed by atoms with Crippen molar-refractivity contribution in [1.82, 2.24) is 20.1 Å². The van der Waals surface area contributed by atoms with Crippen molar-refractivity contribution in [1.29, 1.82) is 0 Å².